The normalized spacial score (nSPS) is 56.5. The number of esters is 1. The van der Waals surface area contributed by atoms with E-state index in [2.05, 4.69) is 6.58 Å². The molecule has 0 aromatic rings. The van der Waals surface area contributed by atoms with E-state index in [0.29, 0.717) is 25.7 Å². The molecule has 2 spiro atoms. The van der Waals surface area contributed by atoms with Crippen molar-refractivity contribution < 1.29 is 39.5 Å². The summed E-state index contributed by atoms with van der Waals surface area (Å²) in [6, 6.07) is 0. The standard InChI is InChI=1S/C22H30O8/c1-10-12-4-5-13-20-9-30-22(28,21(13,16(10)25)17(12)26)18(27)15(20)19(3,7-6-14(20)24)8-29-11(2)23/h12-15,17-18,24,26-28H,1,4-9H2,2-3H3/t12-,13-,14?,15+,17+,18?,19-,20+,21-,22+/m0/s1. The smallest absolute Gasteiger partial charge is 0.302 e. The Bertz CT molecular complexity index is 841. The number of ether oxygens (including phenoxy) is 2. The number of hydrogen-bond acceptors (Lipinski definition) is 8. The van der Waals surface area contributed by atoms with Gasteiger partial charge in [-0.1, -0.05) is 13.5 Å². The van der Waals surface area contributed by atoms with Crippen LogP contribution in [0, 0.1) is 34.0 Å². The fourth-order valence-electron chi connectivity index (χ4n) is 8.16. The number of carbonyl (C=O) groups is 2. The highest BCUT2D eigenvalue weighted by Gasteiger charge is 2.87. The zero-order chi connectivity index (χ0) is 21.9. The van der Waals surface area contributed by atoms with Crippen molar-refractivity contribution in [2.75, 3.05) is 13.2 Å². The van der Waals surface area contributed by atoms with Crippen LogP contribution in [-0.2, 0) is 19.1 Å². The summed E-state index contributed by atoms with van der Waals surface area (Å²) in [5.74, 6) is -4.96. The van der Waals surface area contributed by atoms with Crippen LogP contribution in [0.1, 0.15) is 39.5 Å². The highest BCUT2D eigenvalue weighted by molar-refractivity contribution is 6.05. The van der Waals surface area contributed by atoms with E-state index in [1.165, 1.54) is 6.92 Å². The molecule has 8 heteroatoms. The first kappa shape index (κ1) is 20.6. The Morgan fingerprint density at radius 1 is 1.23 bits per heavy atom. The molecule has 4 aliphatic carbocycles. The van der Waals surface area contributed by atoms with Crippen LogP contribution < -0.4 is 0 Å². The second-order valence-corrected chi connectivity index (χ2v) is 10.4. The molecule has 6 aliphatic rings. The fraction of sp³-hybridized carbons (Fsp3) is 0.818. The third kappa shape index (κ3) is 1.92. The third-order valence-corrected chi connectivity index (χ3v) is 9.32. The Kier molecular flexibility index (Phi) is 4.06. The van der Waals surface area contributed by atoms with Crippen LogP contribution in [-0.4, -0.2) is 69.5 Å². The van der Waals surface area contributed by atoms with Crippen molar-refractivity contribution in [2.45, 2.75) is 63.6 Å². The lowest BCUT2D eigenvalue weighted by Crippen LogP contribution is -2.86. The summed E-state index contributed by atoms with van der Waals surface area (Å²) < 4.78 is 11.1. The summed E-state index contributed by atoms with van der Waals surface area (Å²) in [5.41, 5.74) is -3.28. The maximum atomic E-state index is 13.5. The number of carbonyl (C=O) groups excluding carboxylic acids is 2. The molecular formula is C22H30O8. The monoisotopic (exact) mass is 422 g/mol. The molecule has 2 heterocycles. The Morgan fingerprint density at radius 2 is 1.93 bits per heavy atom. The van der Waals surface area contributed by atoms with Gasteiger partial charge in [0, 0.05) is 29.6 Å². The average molecular weight is 422 g/mol. The minimum atomic E-state index is -2.30. The van der Waals surface area contributed by atoms with E-state index >= 15 is 0 Å². The number of hydrogen-bond donors (Lipinski definition) is 4. The van der Waals surface area contributed by atoms with E-state index in [1.807, 2.05) is 6.92 Å². The quantitative estimate of drug-likeness (QED) is 0.359. The molecule has 2 saturated heterocycles. The molecule has 0 radical (unpaired) electrons. The van der Waals surface area contributed by atoms with Crippen LogP contribution in [0.15, 0.2) is 12.2 Å². The van der Waals surface area contributed by atoms with Crippen LogP contribution >= 0.6 is 0 Å². The maximum absolute atomic E-state index is 13.5. The molecule has 8 nitrogen and oxygen atoms in total. The summed E-state index contributed by atoms with van der Waals surface area (Å²) in [6.07, 6.45) is -1.78. The van der Waals surface area contributed by atoms with E-state index < -0.39 is 69.9 Å². The predicted octanol–water partition coefficient (Wildman–Crippen LogP) is -0.0812. The molecule has 0 aromatic carbocycles. The Morgan fingerprint density at radius 3 is 2.60 bits per heavy atom. The van der Waals surface area contributed by atoms with Gasteiger partial charge in [-0.15, -0.1) is 0 Å². The summed E-state index contributed by atoms with van der Waals surface area (Å²) in [6.45, 7) is 7.06. The maximum Gasteiger partial charge on any atom is 0.302 e. The predicted molar refractivity (Wildman–Crippen MR) is 102 cm³/mol. The Balaban J connectivity index is 1.71. The van der Waals surface area contributed by atoms with Gasteiger partial charge in [0.05, 0.1) is 25.4 Å². The minimum Gasteiger partial charge on any atom is -0.465 e. The largest absolute Gasteiger partial charge is 0.465 e. The third-order valence-electron chi connectivity index (χ3n) is 9.32. The van der Waals surface area contributed by atoms with Crippen molar-refractivity contribution in [3.05, 3.63) is 12.2 Å². The van der Waals surface area contributed by atoms with Crippen LogP contribution in [0.4, 0.5) is 0 Å². The highest BCUT2D eigenvalue weighted by Crippen LogP contribution is 2.76. The molecule has 4 N–H and O–H groups in total. The topological polar surface area (TPSA) is 134 Å². The van der Waals surface area contributed by atoms with Crippen LogP contribution in [0.3, 0.4) is 0 Å². The molecule has 10 atom stereocenters. The highest BCUT2D eigenvalue weighted by atomic mass is 16.6. The van der Waals surface area contributed by atoms with Crippen LogP contribution in [0.25, 0.3) is 0 Å². The van der Waals surface area contributed by atoms with E-state index in [-0.39, 0.29) is 18.8 Å². The molecule has 4 bridgehead atoms. The molecule has 2 aliphatic heterocycles. The zero-order valence-electron chi connectivity index (χ0n) is 17.3. The second-order valence-electron chi connectivity index (χ2n) is 10.4. The number of ketones is 1. The average Bonchev–Trinajstić information content (AvgIpc) is 2.80. The van der Waals surface area contributed by atoms with Gasteiger partial charge in [-0.2, -0.15) is 0 Å². The molecule has 166 valence electrons. The van der Waals surface area contributed by atoms with Crippen LogP contribution in [0.5, 0.6) is 0 Å². The molecule has 6 fully saturated rings. The van der Waals surface area contributed by atoms with Gasteiger partial charge in [0.1, 0.15) is 11.5 Å². The first-order valence-corrected chi connectivity index (χ1v) is 10.8. The second kappa shape index (κ2) is 5.92. The molecule has 0 amide bonds. The van der Waals surface area contributed by atoms with Crippen molar-refractivity contribution in [1.29, 1.82) is 0 Å². The fourth-order valence-corrected chi connectivity index (χ4v) is 8.16. The summed E-state index contributed by atoms with van der Waals surface area (Å²) >= 11 is 0. The molecule has 30 heavy (non-hydrogen) atoms. The van der Waals surface area contributed by atoms with Gasteiger partial charge < -0.3 is 29.9 Å². The molecular weight excluding hydrogens is 392 g/mol. The lowest BCUT2D eigenvalue weighted by molar-refractivity contribution is -0.459. The van der Waals surface area contributed by atoms with Crippen molar-refractivity contribution in [3.8, 4) is 0 Å². The lowest BCUT2D eigenvalue weighted by Gasteiger charge is -2.74. The number of fused-ring (bicyclic) bond motifs is 2. The summed E-state index contributed by atoms with van der Waals surface area (Å²) in [7, 11) is 0. The number of Topliss-reactive ketones (excluding diaryl/α,β-unsaturated/α-hetero) is 1. The minimum absolute atomic E-state index is 0.0279. The SMILES string of the molecule is C=C1C(=O)[C@]23[C@H](O)[C@H]1CC[C@H]2[C@@]12CO[C@]3(O)C(O)[C@@H]1[C@](C)(COC(C)=O)CCC2O. The first-order chi connectivity index (χ1) is 14.0. The van der Waals surface area contributed by atoms with E-state index in [0.717, 1.165) is 0 Å². The van der Waals surface area contributed by atoms with Gasteiger partial charge >= 0.3 is 5.97 Å². The van der Waals surface area contributed by atoms with Gasteiger partial charge in [0.25, 0.3) is 0 Å². The van der Waals surface area contributed by atoms with Gasteiger partial charge in [0.2, 0.25) is 5.79 Å². The van der Waals surface area contributed by atoms with Crippen molar-refractivity contribution in [3.63, 3.8) is 0 Å². The van der Waals surface area contributed by atoms with E-state index in [9.17, 15) is 30.0 Å². The van der Waals surface area contributed by atoms with Gasteiger partial charge in [-0.05, 0) is 37.2 Å². The lowest BCUT2D eigenvalue weighted by atomic mass is 9.35. The van der Waals surface area contributed by atoms with Gasteiger partial charge in [-0.25, -0.2) is 0 Å². The Labute approximate surface area is 174 Å². The Hall–Kier alpha value is -1.32. The van der Waals surface area contributed by atoms with E-state index in [1.54, 1.807) is 0 Å². The zero-order valence-corrected chi connectivity index (χ0v) is 17.3. The van der Waals surface area contributed by atoms with Crippen LogP contribution in [0.2, 0.25) is 0 Å². The molecule has 4 saturated carbocycles. The van der Waals surface area contributed by atoms with E-state index in [4.69, 9.17) is 9.47 Å². The van der Waals surface area contributed by atoms with Gasteiger partial charge in [-0.3, -0.25) is 9.59 Å². The van der Waals surface area contributed by atoms with Crippen molar-refractivity contribution in [2.24, 2.45) is 34.0 Å². The molecule has 6 rings (SSSR count). The van der Waals surface area contributed by atoms with Gasteiger partial charge in [0.15, 0.2) is 5.78 Å². The number of aliphatic hydroxyl groups excluding tert-OH is 3. The van der Waals surface area contributed by atoms with Crippen molar-refractivity contribution in [1.82, 2.24) is 0 Å². The number of rotatable bonds is 2. The molecule has 2 unspecified atom stereocenters. The summed E-state index contributed by atoms with van der Waals surface area (Å²) in [4.78, 5) is 25.0. The summed E-state index contributed by atoms with van der Waals surface area (Å²) in [5, 5.41) is 45.8. The number of aliphatic hydroxyl groups is 4. The first-order valence-electron chi connectivity index (χ1n) is 10.8. The molecule has 0 aromatic heterocycles. The van der Waals surface area contributed by atoms with Crippen molar-refractivity contribution >= 4 is 11.8 Å².